The molecule has 1 fully saturated rings. The second kappa shape index (κ2) is 9.89. The Hall–Kier alpha value is -3.33. The SMILES string of the molecule is COc1ccccc1N1CCN([C@H](CC(C)C)c2nnnn2Cc2ccc3c(c2)OCO3)CC1. The van der Waals surface area contributed by atoms with Crippen LogP contribution in [-0.2, 0) is 6.54 Å². The Kier molecular flexibility index (Phi) is 6.53. The monoisotopic (exact) mass is 464 g/mol. The molecule has 2 aliphatic rings. The van der Waals surface area contributed by atoms with Crippen LogP contribution in [0.15, 0.2) is 42.5 Å². The summed E-state index contributed by atoms with van der Waals surface area (Å²) in [5.74, 6) is 3.91. The summed E-state index contributed by atoms with van der Waals surface area (Å²) in [6.45, 7) is 9.10. The molecule has 9 heteroatoms. The molecular weight excluding hydrogens is 432 g/mol. The van der Waals surface area contributed by atoms with Gasteiger partial charge in [-0.05, 0) is 52.6 Å². The highest BCUT2D eigenvalue weighted by Gasteiger charge is 2.30. The van der Waals surface area contributed by atoms with Gasteiger partial charge in [0.15, 0.2) is 17.3 Å². The van der Waals surface area contributed by atoms with Crippen LogP contribution in [0.5, 0.6) is 17.2 Å². The Morgan fingerprint density at radius 3 is 2.59 bits per heavy atom. The van der Waals surface area contributed by atoms with Gasteiger partial charge in [-0.2, -0.15) is 0 Å². The van der Waals surface area contributed by atoms with E-state index in [1.807, 2.05) is 35.0 Å². The molecule has 0 spiro atoms. The zero-order valence-electron chi connectivity index (χ0n) is 20.1. The van der Waals surface area contributed by atoms with E-state index in [0.29, 0.717) is 12.5 Å². The topological polar surface area (TPSA) is 77.8 Å². The molecule has 3 aromatic rings. The molecule has 1 saturated heterocycles. The van der Waals surface area contributed by atoms with Crippen LogP contribution in [0.25, 0.3) is 0 Å². The fraction of sp³-hybridized carbons (Fsp3) is 0.480. The summed E-state index contributed by atoms with van der Waals surface area (Å²) in [4.78, 5) is 4.92. The minimum Gasteiger partial charge on any atom is -0.495 e. The van der Waals surface area contributed by atoms with Crippen molar-refractivity contribution in [1.82, 2.24) is 25.1 Å². The lowest BCUT2D eigenvalue weighted by molar-refractivity contribution is 0.153. The molecule has 2 aromatic carbocycles. The van der Waals surface area contributed by atoms with E-state index in [1.54, 1.807) is 7.11 Å². The summed E-state index contributed by atoms with van der Waals surface area (Å²) in [6.07, 6.45) is 0.996. The molecule has 0 N–H and O–H groups in total. The third-order valence-corrected chi connectivity index (χ3v) is 6.50. The Morgan fingerprint density at radius 2 is 1.79 bits per heavy atom. The van der Waals surface area contributed by atoms with Crippen LogP contribution in [0, 0.1) is 5.92 Å². The molecule has 0 aliphatic carbocycles. The van der Waals surface area contributed by atoms with E-state index in [1.165, 1.54) is 0 Å². The molecule has 5 rings (SSSR count). The predicted molar refractivity (Wildman–Crippen MR) is 128 cm³/mol. The Labute approximate surface area is 200 Å². The lowest BCUT2D eigenvalue weighted by atomic mass is 10.0. The first-order chi connectivity index (χ1) is 16.6. The smallest absolute Gasteiger partial charge is 0.231 e. The lowest BCUT2D eigenvalue weighted by Crippen LogP contribution is -2.48. The quantitative estimate of drug-likeness (QED) is 0.502. The molecule has 2 aliphatic heterocycles. The molecule has 1 aromatic heterocycles. The molecule has 0 saturated carbocycles. The Balaban J connectivity index is 1.33. The second-order valence-corrected chi connectivity index (χ2v) is 9.22. The van der Waals surface area contributed by atoms with Crippen molar-refractivity contribution in [3.05, 3.63) is 53.9 Å². The van der Waals surface area contributed by atoms with Crippen molar-refractivity contribution in [3.63, 3.8) is 0 Å². The van der Waals surface area contributed by atoms with Gasteiger partial charge < -0.3 is 19.1 Å². The van der Waals surface area contributed by atoms with Crippen LogP contribution >= 0.6 is 0 Å². The summed E-state index contributed by atoms with van der Waals surface area (Å²) in [7, 11) is 1.73. The zero-order valence-corrected chi connectivity index (χ0v) is 20.1. The molecule has 0 unspecified atom stereocenters. The van der Waals surface area contributed by atoms with Gasteiger partial charge in [-0.25, -0.2) is 4.68 Å². The molecular formula is C25H32N6O3. The predicted octanol–water partition coefficient (Wildman–Crippen LogP) is 3.37. The van der Waals surface area contributed by atoms with Gasteiger partial charge in [-0.15, -0.1) is 5.10 Å². The van der Waals surface area contributed by atoms with E-state index >= 15 is 0 Å². The fourth-order valence-corrected chi connectivity index (χ4v) is 4.80. The zero-order chi connectivity index (χ0) is 23.5. The number of anilines is 1. The maximum Gasteiger partial charge on any atom is 0.231 e. The van der Waals surface area contributed by atoms with E-state index in [9.17, 15) is 0 Å². The second-order valence-electron chi connectivity index (χ2n) is 9.22. The number of benzene rings is 2. The van der Waals surface area contributed by atoms with Gasteiger partial charge in [-0.1, -0.05) is 32.0 Å². The van der Waals surface area contributed by atoms with Gasteiger partial charge in [-0.3, -0.25) is 4.90 Å². The van der Waals surface area contributed by atoms with E-state index in [-0.39, 0.29) is 12.8 Å². The Morgan fingerprint density at radius 1 is 1.00 bits per heavy atom. The van der Waals surface area contributed by atoms with Crippen molar-refractivity contribution in [1.29, 1.82) is 0 Å². The maximum atomic E-state index is 5.58. The normalized spacial score (nSPS) is 16.8. The van der Waals surface area contributed by atoms with Crippen molar-refractivity contribution in [3.8, 4) is 17.2 Å². The van der Waals surface area contributed by atoms with Crippen molar-refractivity contribution in [2.75, 3.05) is 45.0 Å². The number of hydrogen-bond donors (Lipinski definition) is 0. The van der Waals surface area contributed by atoms with E-state index < -0.39 is 0 Å². The van der Waals surface area contributed by atoms with Crippen LogP contribution in [0.2, 0.25) is 0 Å². The molecule has 0 bridgehead atoms. The standard InChI is InChI=1S/C25H32N6O3/c1-18(2)14-21(30-12-10-29(11-13-30)20-6-4-5-7-22(20)32-3)25-26-27-28-31(25)16-19-8-9-23-24(15-19)34-17-33-23/h4-9,15,18,21H,10-14,16-17H2,1-3H3/t21-/m1/s1. The van der Waals surface area contributed by atoms with E-state index in [0.717, 1.165) is 66.9 Å². The average Bonchev–Trinajstić information content (AvgIpc) is 3.52. The van der Waals surface area contributed by atoms with Crippen molar-refractivity contribution < 1.29 is 14.2 Å². The number of aromatic nitrogens is 4. The van der Waals surface area contributed by atoms with Crippen LogP contribution in [0.1, 0.15) is 37.7 Å². The van der Waals surface area contributed by atoms with Gasteiger partial charge in [0, 0.05) is 26.2 Å². The lowest BCUT2D eigenvalue weighted by Gasteiger charge is -2.40. The van der Waals surface area contributed by atoms with Gasteiger partial charge in [0.1, 0.15) is 5.75 Å². The van der Waals surface area contributed by atoms with Crippen molar-refractivity contribution >= 4 is 5.69 Å². The maximum absolute atomic E-state index is 5.58. The average molecular weight is 465 g/mol. The molecule has 180 valence electrons. The molecule has 0 amide bonds. The third kappa shape index (κ3) is 4.65. The van der Waals surface area contributed by atoms with Gasteiger partial charge >= 0.3 is 0 Å². The highest BCUT2D eigenvalue weighted by Crippen LogP contribution is 2.34. The van der Waals surface area contributed by atoms with Crippen LogP contribution in [0.4, 0.5) is 5.69 Å². The van der Waals surface area contributed by atoms with E-state index in [2.05, 4.69) is 51.3 Å². The third-order valence-electron chi connectivity index (χ3n) is 6.50. The van der Waals surface area contributed by atoms with Crippen molar-refractivity contribution in [2.45, 2.75) is 32.9 Å². The van der Waals surface area contributed by atoms with Crippen LogP contribution in [-0.4, -0.2) is 65.2 Å². The number of ether oxygens (including phenoxy) is 3. The highest BCUT2D eigenvalue weighted by molar-refractivity contribution is 5.58. The molecule has 9 nitrogen and oxygen atoms in total. The number of piperazine rings is 1. The molecule has 0 radical (unpaired) electrons. The van der Waals surface area contributed by atoms with Crippen LogP contribution < -0.4 is 19.1 Å². The first-order valence-corrected chi connectivity index (χ1v) is 11.9. The summed E-state index contributed by atoms with van der Waals surface area (Å²) < 4.78 is 18.5. The van der Waals surface area contributed by atoms with E-state index in [4.69, 9.17) is 14.2 Å². The minimum atomic E-state index is 0.156. The number of rotatable bonds is 8. The minimum absolute atomic E-state index is 0.156. The Bertz CT molecular complexity index is 1110. The number of methoxy groups -OCH3 is 1. The highest BCUT2D eigenvalue weighted by atomic mass is 16.7. The van der Waals surface area contributed by atoms with Crippen molar-refractivity contribution in [2.24, 2.45) is 5.92 Å². The number of hydrogen-bond acceptors (Lipinski definition) is 8. The summed E-state index contributed by atoms with van der Waals surface area (Å²) >= 11 is 0. The number of nitrogens with zero attached hydrogens (tertiary/aromatic N) is 6. The molecule has 34 heavy (non-hydrogen) atoms. The fourth-order valence-electron chi connectivity index (χ4n) is 4.80. The van der Waals surface area contributed by atoms with Gasteiger partial charge in [0.05, 0.1) is 25.4 Å². The summed E-state index contributed by atoms with van der Waals surface area (Å²) in [5, 5.41) is 12.9. The summed E-state index contributed by atoms with van der Waals surface area (Å²) in [5.41, 5.74) is 2.24. The van der Waals surface area contributed by atoms with Gasteiger partial charge in [0.2, 0.25) is 6.79 Å². The largest absolute Gasteiger partial charge is 0.495 e. The van der Waals surface area contributed by atoms with Gasteiger partial charge in [0.25, 0.3) is 0 Å². The first-order valence-electron chi connectivity index (χ1n) is 11.9. The number of tetrazole rings is 1. The first kappa shape index (κ1) is 22.5. The number of para-hydroxylation sites is 2. The number of fused-ring (bicyclic) bond motifs is 1. The summed E-state index contributed by atoms with van der Waals surface area (Å²) in [6, 6.07) is 14.4. The molecule has 3 heterocycles. The van der Waals surface area contributed by atoms with Crippen LogP contribution in [0.3, 0.4) is 0 Å². The molecule has 1 atom stereocenters.